The molecule has 0 atom stereocenters. The van der Waals surface area contributed by atoms with Crippen LogP contribution in [-0.4, -0.2) is 74.3 Å². The Morgan fingerprint density at radius 1 is 0.830 bits per heavy atom. The lowest BCUT2D eigenvalue weighted by Crippen LogP contribution is -2.57. The van der Waals surface area contributed by atoms with Crippen molar-refractivity contribution in [1.29, 1.82) is 0 Å². The second kappa shape index (κ2) is 14.9. The van der Waals surface area contributed by atoms with Gasteiger partial charge in [-0.25, -0.2) is 9.59 Å². The van der Waals surface area contributed by atoms with Gasteiger partial charge in [0.2, 0.25) is 0 Å². The summed E-state index contributed by atoms with van der Waals surface area (Å²) in [4.78, 5) is 92.5. The molecule has 14 nitrogen and oxygen atoms in total. The van der Waals surface area contributed by atoms with Crippen LogP contribution in [0.2, 0.25) is 0 Å². The van der Waals surface area contributed by atoms with Crippen molar-refractivity contribution in [2.24, 2.45) is 11.8 Å². The van der Waals surface area contributed by atoms with Crippen LogP contribution < -0.4 is 25.8 Å². The Morgan fingerprint density at radius 2 is 1.43 bits per heavy atom. The number of benzene rings is 2. The first-order valence-corrected chi connectivity index (χ1v) is 15.6. The van der Waals surface area contributed by atoms with E-state index in [1.54, 1.807) is 48.5 Å². The van der Waals surface area contributed by atoms with Crippen molar-refractivity contribution >= 4 is 58.5 Å². The molecule has 0 bridgehead atoms. The van der Waals surface area contributed by atoms with Crippen LogP contribution in [0.15, 0.2) is 48.5 Å². The monoisotopic (exact) mass is 647 g/mol. The zero-order valence-electron chi connectivity index (χ0n) is 26.0. The number of hydrogen-bond acceptors (Lipinski definition) is 9. The number of anilines is 3. The van der Waals surface area contributed by atoms with E-state index in [9.17, 15) is 33.6 Å². The summed E-state index contributed by atoms with van der Waals surface area (Å²) in [7, 11) is 1.28. The van der Waals surface area contributed by atoms with E-state index >= 15 is 0 Å². The number of carbonyl (C=O) groups excluding carboxylic acids is 7. The minimum Gasteiger partial charge on any atom is -0.469 e. The van der Waals surface area contributed by atoms with Crippen LogP contribution in [0.5, 0.6) is 0 Å². The van der Waals surface area contributed by atoms with Crippen LogP contribution in [0.1, 0.15) is 44.1 Å². The molecule has 1 heterocycles. The topological polar surface area (TPSA) is 181 Å². The number of fused-ring (bicyclic) bond motifs is 1. The molecule has 0 unspecified atom stereocenters. The predicted octanol–water partition coefficient (Wildman–Crippen LogP) is 2.69. The molecule has 2 aromatic rings. The largest absolute Gasteiger partial charge is 0.469 e. The van der Waals surface area contributed by atoms with Crippen molar-refractivity contribution in [2.75, 3.05) is 41.9 Å². The summed E-state index contributed by atoms with van der Waals surface area (Å²) >= 11 is 0. The number of Topliss-reactive ketones (excluding diaryl/α,β-unsaturated/α-hetero) is 2. The molecule has 5 rings (SSSR count). The molecule has 0 radical (unpaired) electrons. The average Bonchev–Trinajstić information content (AvgIpc) is 3.98. The standard InChI is InChI=1S/C33H37N5O9/c1-46-28(41)10-5-15-34-33(45)47-19-20-6-4-7-23(16-20)35-32(44)36-29-30(42)37(17-26(39)21-11-12-21)24-8-2-3-9-25(24)38(31(29)43)18-27(40)22-13-14-22/h2-4,6-9,16,21-22,29H,5,10-15,17-19H2,1H3,(H,34,45)(H2,35,36,44). The number of hydrogen-bond donors (Lipinski definition) is 3. The molecule has 47 heavy (non-hydrogen) atoms. The number of para-hydroxylation sites is 2. The molecular formula is C33H37N5O9. The SMILES string of the molecule is COC(=O)CCCNC(=O)OCc1cccc(NC(=O)NC2C(=O)N(CC(=O)C3CC3)c3ccccc3N(CC(=O)C3CC3)C2=O)c1. The molecule has 248 valence electrons. The summed E-state index contributed by atoms with van der Waals surface area (Å²) < 4.78 is 9.75. The second-order valence-corrected chi connectivity index (χ2v) is 11.7. The van der Waals surface area contributed by atoms with E-state index in [0.29, 0.717) is 29.0 Å². The van der Waals surface area contributed by atoms with Crippen LogP contribution in [-0.2, 0) is 40.1 Å². The Kier molecular flexibility index (Phi) is 10.5. The third kappa shape index (κ3) is 8.71. The van der Waals surface area contributed by atoms with Gasteiger partial charge in [0, 0.05) is 30.5 Å². The van der Waals surface area contributed by atoms with Gasteiger partial charge in [0.05, 0.1) is 31.6 Å². The maximum absolute atomic E-state index is 13.9. The van der Waals surface area contributed by atoms with Crippen LogP contribution >= 0.6 is 0 Å². The van der Waals surface area contributed by atoms with E-state index in [0.717, 1.165) is 25.7 Å². The number of methoxy groups -OCH3 is 1. The van der Waals surface area contributed by atoms with Crippen molar-refractivity contribution in [2.45, 2.75) is 51.2 Å². The molecule has 3 N–H and O–H groups in total. The Labute approximate surface area is 271 Å². The van der Waals surface area contributed by atoms with E-state index in [-0.39, 0.29) is 62.0 Å². The molecule has 0 spiro atoms. The van der Waals surface area contributed by atoms with Crippen LogP contribution in [0, 0.1) is 11.8 Å². The first kappa shape index (κ1) is 33.1. The Hall–Kier alpha value is -5.27. The van der Waals surface area contributed by atoms with Gasteiger partial charge in [0.1, 0.15) is 6.61 Å². The number of ketones is 2. The second-order valence-electron chi connectivity index (χ2n) is 11.7. The third-order valence-electron chi connectivity index (χ3n) is 8.07. The zero-order valence-corrected chi connectivity index (χ0v) is 26.0. The first-order valence-electron chi connectivity index (χ1n) is 15.6. The lowest BCUT2D eigenvalue weighted by Gasteiger charge is -2.24. The van der Waals surface area contributed by atoms with E-state index in [2.05, 4.69) is 20.7 Å². The van der Waals surface area contributed by atoms with Gasteiger partial charge in [-0.05, 0) is 61.9 Å². The van der Waals surface area contributed by atoms with Gasteiger partial charge >= 0.3 is 18.1 Å². The fourth-order valence-electron chi connectivity index (χ4n) is 5.17. The summed E-state index contributed by atoms with van der Waals surface area (Å²) in [5.74, 6) is -2.52. The van der Waals surface area contributed by atoms with Crippen molar-refractivity contribution in [3.05, 3.63) is 54.1 Å². The van der Waals surface area contributed by atoms with Crippen molar-refractivity contribution < 1.29 is 43.0 Å². The maximum atomic E-state index is 13.9. The smallest absolute Gasteiger partial charge is 0.407 e. The number of esters is 1. The van der Waals surface area contributed by atoms with Gasteiger partial charge in [-0.2, -0.15) is 0 Å². The van der Waals surface area contributed by atoms with Crippen LogP contribution in [0.3, 0.4) is 0 Å². The summed E-state index contributed by atoms with van der Waals surface area (Å²) in [6.07, 6.45) is 2.80. The predicted molar refractivity (Wildman–Crippen MR) is 168 cm³/mol. The fourth-order valence-corrected chi connectivity index (χ4v) is 5.17. The van der Waals surface area contributed by atoms with Crippen LogP contribution in [0.4, 0.5) is 26.7 Å². The summed E-state index contributed by atoms with van der Waals surface area (Å²) in [6.45, 7) is -0.429. The number of nitrogens with zero attached hydrogens (tertiary/aromatic N) is 2. The maximum Gasteiger partial charge on any atom is 0.407 e. The molecule has 2 aliphatic carbocycles. The first-order chi connectivity index (χ1) is 22.6. The van der Waals surface area contributed by atoms with Gasteiger partial charge in [-0.15, -0.1) is 0 Å². The lowest BCUT2D eigenvalue weighted by atomic mass is 10.2. The normalized spacial score (nSPS) is 16.1. The molecule has 0 aromatic heterocycles. The highest BCUT2D eigenvalue weighted by atomic mass is 16.5. The highest BCUT2D eigenvalue weighted by Crippen LogP contribution is 2.37. The highest BCUT2D eigenvalue weighted by Gasteiger charge is 2.44. The van der Waals surface area contributed by atoms with E-state index < -0.39 is 30.0 Å². The van der Waals surface area contributed by atoms with Gasteiger partial charge in [0.25, 0.3) is 11.8 Å². The molecule has 0 saturated heterocycles. The van der Waals surface area contributed by atoms with E-state index in [1.165, 1.54) is 16.9 Å². The minimum atomic E-state index is -1.71. The number of nitrogens with one attached hydrogen (secondary N) is 3. The molecule has 1 aliphatic heterocycles. The molecule has 2 saturated carbocycles. The number of alkyl carbamates (subject to hydrolysis) is 1. The van der Waals surface area contributed by atoms with Crippen molar-refractivity contribution in [1.82, 2.24) is 10.6 Å². The number of amides is 5. The van der Waals surface area contributed by atoms with Gasteiger partial charge < -0.3 is 35.2 Å². The number of carbonyl (C=O) groups is 7. The van der Waals surface area contributed by atoms with Crippen LogP contribution in [0.25, 0.3) is 0 Å². The van der Waals surface area contributed by atoms with Crippen molar-refractivity contribution in [3.8, 4) is 0 Å². The van der Waals surface area contributed by atoms with Gasteiger partial charge in [-0.1, -0.05) is 24.3 Å². The number of rotatable bonds is 14. The summed E-state index contributed by atoms with van der Waals surface area (Å²) in [6, 6.07) is 10.4. The Balaban J connectivity index is 1.26. The molecule has 14 heteroatoms. The quantitative estimate of drug-likeness (QED) is 0.158. The van der Waals surface area contributed by atoms with Gasteiger partial charge in [-0.3, -0.25) is 24.0 Å². The molecule has 2 fully saturated rings. The molecule has 3 aliphatic rings. The lowest BCUT2D eigenvalue weighted by molar-refractivity contribution is -0.140. The summed E-state index contributed by atoms with van der Waals surface area (Å²) in [5.41, 5.74) is 1.46. The minimum absolute atomic E-state index is 0.119. The van der Waals surface area contributed by atoms with E-state index in [1.807, 2.05) is 0 Å². The molecule has 5 amide bonds. The average molecular weight is 648 g/mol. The van der Waals surface area contributed by atoms with Crippen molar-refractivity contribution in [3.63, 3.8) is 0 Å². The molecular weight excluding hydrogens is 610 g/mol. The Bertz CT molecular complexity index is 1500. The zero-order chi connectivity index (χ0) is 33.5. The third-order valence-corrected chi connectivity index (χ3v) is 8.07. The molecule has 2 aromatic carbocycles. The number of urea groups is 1. The fraction of sp³-hybridized carbons (Fsp3) is 0.424. The number of ether oxygens (including phenoxy) is 2. The van der Waals surface area contributed by atoms with Gasteiger partial charge in [0.15, 0.2) is 17.6 Å². The van der Waals surface area contributed by atoms with E-state index in [4.69, 9.17) is 4.74 Å². The Morgan fingerprint density at radius 3 is 1.98 bits per heavy atom. The highest BCUT2D eigenvalue weighted by molar-refractivity contribution is 6.23. The summed E-state index contributed by atoms with van der Waals surface area (Å²) in [5, 5.41) is 7.60.